The zero-order chi connectivity index (χ0) is 18.5. The van der Waals surface area contributed by atoms with Crippen molar-refractivity contribution in [1.29, 1.82) is 0 Å². The summed E-state index contributed by atoms with van der Waals surface area (Å²) in [5, 5.41) is 3.58. The van der Waals surface area contributed by atoms with E-state index >= 15 is 0 Å². The van der Waals surface area contributed by atoms with Crippen LogP contribution in [0, 0.1) is 6.92 Å². The summed E-state index contributed by atoms with van der Waals surface area (Å²) in [6, 6.07) is 7.77. The molecule has 0 aliphatic carbocycles. The summed E-state index contributed by atoms with van der Waals surface area (Å²) >= 11 is 6.01. The third kappa shape index (κ3) is 4.51. The van der Waals surface area contributed by atoms with Crippen LogP contribution in [-0.2, 0) is 0 Å². The number of aromatic nitrogens is 2. The predicted octanol–water partition coefficient (Wildman–Crippen LogP) is 2.69. The van der Waals surface area contributed by atoms with Gasteiger partial charge in [-0.15, -0.1) is 0 Å². The second-order valence-electron chi connectivity index (χ2n) is 6.59. The van der Waals surface area contributed by atoms with Gasteiger partial charge in [-0.1, -0.05) is 30.2 Å². The minimum Gasteiger partial charge on any atom is -0.350 e. The number of H-pyrrole nitrogens is 1. The van der Waals surface area contributed by atoms with Gasteiger partial charge in [-0.05, 0) is 50.6 Å². The van der Waals surface area contributed by atoms with Crippen LogP contribution >= 0.6 is 11.6 Å². The van der Waals surface area contributed by atoms with E-state index in [9.17, 15) is 9.59 Å². The van der Waals surface area contributed by atoms with E-state index in [1.165, 1.54) is 12.6 Å². The maximum absolute atomic E-state index is 12.4. The van der Waals surface area contributed by atoms with Crippen molar-refractivity contribution >= 4 is 17.5 Å². The van der Waals surface area contributed by atoms with Crippen molar-refractivity contribution in [2.45, 2.75) is 32.2 Å². The molecule has 2 aromatic rings. The number of amides is 1. The summed E-state index contributed by atoms with van der Waals surface area (Å²) in [6.07, 6.45) is 4.86. The van der Waals surface area contributed by atoms with Gasteiger partial charge in [0.05, 0.1) is 6.04 Å². The summed E-state index contributed by atoms with van der Waals surface area (Å²) < 4.78 is 0. The van der Waals surface area contributed by atoms with Gasteiger partial charge < -0.3 is 10.3 Å². The molecule has 26 heavy (non-hydrogen) atoms. The van der Waals surface area contributed by atoms with Crippen LogP contribution in [0.25, 0.3) is 0 Å². The minimum atomic E-state index is -0.420. The van der Waals surface area contributed by atoms with Crippen molar-refractivity contribution in [3.8, 4) is 0 Å². The number of carbonyl (C=O) groups excluding carboxylic acids is 1. The fourth-order valence-electron chi connectivity index (χ4n) is 3.30. The monoisotopic (exact) mass is 374 g/mol. The first-order valence-electron chi connectivity index (χ1n) is 8.88. The van der Waals surface area contributed by atoms with Gasteiger partial charge in [-0.3, -0.25) is 14.5 Å². The number of nitrogens with zero attached hydrogens (tertiary/aromatic N) is 2. The zero-order valence-corrected chi connectivity index (χ0v) is 15.6. The molecule has 0 bridgehead atoms. The van der Waals surface area contributed by atoms with E-state index in [0.717, 1.165) is 31.5 Å². The highest BCUT2D eigenvalue weighted by atomic mass is 35.5. The van der Waals surface area contributed by atoms with E-state index in [1.54, 1.807) is 6.92 Å². The van der Waals surface area contributed by atoms with Crippen molar-refractivity contribution in [3.63, 3.8) is 0 Å². The lowest BCUT2D eigenvalue weighted by molar-refractivity contribution is 0.0922. The van der Waals surface area contributed by atoms with Crippen LogP contribution < -0.4 is 10.9 Å². The molecule has 1 aromatic heterocycles. The molecule has 2 N–H and O–H groups in total. The number of likely N-dealkylation sites (tertiary alicyclic amines) is 1. The molecule has 1 saturated heterocycles. The summed E-state index contributed by atoms with van der Waals surface area (Å²) in [7, 11) is 0. The fourth-order valence-corrected chi connectivity index (χ4v) is 3.43. The quantitative estimate of drug-likeness (QED) is 0.843. The van der Waals surface area contributed by atoms with Gasteiger partial charge in [-0.2, -0.15) is 0 Å². The highest BCUT2D eigenvalue weighted by Crippen LogP contribution is 2.25. The SMILES string of the molecule is Cc1ncc(C(=O)NC[C@@H](c2ccc(Cl)cc2)N2CCCCC2)c(=O)[nH]1. The molecule has 2 heterocycles. The molecule has 1 aromatic carbocycles. The average Bonchev–Trinajstić information content (AvgIpc) is 2.64. The fraction of sp³-hybridized carbons (Fsp3) is 0.421. The van der Waals surface area contributed by atoms with Crippen LogP contribution in [0.15, 0.2) is 35.3 Å². The van der Waals surface area contributed by atoms with Crippen LogP contribution in [0.2, 0.25) is 5.02 Å². The molecule has 1 atom stereocenters. The van der Waals surface area contributed by atoms with Gasteiger partial charge in [0.2, 0.25) is 0 Å². The Morgan fingerprint density at radius 3 is 2.62 bits per heavy atom. The van der Waals surface area contributed by atoms with Crippen molar-refractivity contribution in [2.24, 2.45) is 0 Å². The molecule has 1 amide bonds. The molecule has 7 heteroatoms. The van der Waals surface area contributed by atoms with Gasteiger partial charge >= 0.3 is 0 Å². The zero-order valence-electron chi connectivity index (χ0n) is 14.8. The van der Waals surface area contributed by atoms with E-state index in [2.05, 4.69) is 20.2 Å². The summed E-state index contributed by atoms with van der Waals surface area (Å²) in [6.45, 7) is 4.09. The number of rotatable bonds is 5. The van der Waals surface area contributed by atoms with E-state index in [0.29, 0.717) is 17.4 Å². The molecule has 0 saturated carbocycles. The highest BCUT2D eigenvalue weighted by Gasteiger charge is 2.23. The molecule has 0 unspecified atom stereocenters. The number of nitrogens with one attached hydrogen (secondary N) is 2. The number of halogens is 1. The number of carbonyl (C=O) groups is 1. The summed E-state index contributed by atoms with van der Waals surface area (Å²) in [5.74, 6) is 0.0774. The van der Waals surface area contributed by atoms with E-state index in [4.69, 9.17) is 11.6 Å². The van der Waals surface area contributed by atoms with Crippen LogP contribution in [0.3, 0.4) is 0 Å². The number of hydrogen-bond donors (Lipinski definition) is 2. The highest BCUT2D eigenvalue weighted by molar-refractivity contribution is 6.30. The Balaban J connectivity index is 1.75. The molecule has 0 spiro atoms. The summed E-state index contributed by atoms with van der Waals surface area (Å²) in [5.41, 5.74) is 0.715. The lowest BCUT2D eigenvalue weighted by Crippen LogP contribution is -2.41. The standard InChI is InChI=1S/C19H23ClN4O2/c1-13-21-11-16(19(26)23-13)18(25)22-12-17(24-9-3-2-4-10-24)14-5-7-15(20)8-6-14/h5-8,11,17H,2-4,9-10,12H2,1H3,(H,22,25)(H,21,23,26)/t17-/m0/s1. The first-order valence-corrected chi connectivity index (χ1v) is 9.26. The van der Waals surface area contributed by atoms with Crippen molar-refractivity contribution in [1.82, 2.24) is 20.2 Å². The number of aromatic amines is 1. The Kier molecular flexibility index (Phi) is 6.06. The largest absolute Gasteiger partial charge is 0.350 e. The molecule has 0 radical (unpaired) electrons. The Bertz CT molecular complexity index is 813. The van der Waals surface area contributed by atoms with Crippen molar-refractivity contribution in [3.05, 3.63) is 62.8 Å². The molecule has 6 nitrogen and oxygen atoms in total. The minimum absolute atomic E-state index is 0.0316. The average molecular weight is 375 g/mol. The van der Waals surface area contributed by atoms with Gasteiger partial charge in [0, 0.05) is 17.8 Å². The first-order chi connectivity index (χ1) is 12.5. The number of aryl methyl sites for hydroxylation is 1. The number of benzene rings is 1. The Morgan fingerprint density at radius 1 is 1.27 bits per heavy atom. The van der Waals surface area contributed by atoms with Crippen LogP contribution in [0.1, 0.15) is 47.1 Å². The Morgan fingerprint density at radius 2 is 1.96 bits per heavy atom. The summed E-state index contributed by atoms with van der Waals surface area (Å²) in [4.78, 5) is 33.3. The maximum atomic E-state index is 12.4. The van der Waals surface area contributed by atoms with Crippen LogP contribution in [0.5, 0.6) is 0 Å². The van der Waals surface area contributed by atoms with Gasteiger partial charge in [0.1, 0.15) is 11.4 Å². The third-order valence-corrected chi connectivity index (χ3v) is 4.97. The second kappa shape index (κ2) is 8.47. The van der Waals surface area contributed by atoms with E-state index in [-0.39, 0.29) is 11.6 Å². The lowest BCUT2D eigenvalue weighted by Gasteiger charge is -2.35. The molecular formula is C19H23ClN4O2. The van der Waals surface area contributed by atoms with Gasteiger partial charge in [0.25, 0.3) is 11.5 Å². The Labute approximate surface area is 157 Å². The molecule has 3 rings (SSSR count). The number of hydrogen-bond acceptors (Lipinski definition) is 4. The molecule has 1 aliphatic heterocycles. The van der Waals surface area contributed by atoms with E-state index < -0.39 is 11.5 Å². The predicted molar refractivity (Wildman–Crippen MR) is 102 cm³/mol. The van der Waals surface area contributed by atoms with Gasteiger partial charge in [0.15, 0.2) is 0 Å². The number of piperidine rings is 1. The topological polar surface area (TPSA) is 78.1 Å². The Hall–Kier alpha value is -2.18. The second-order valence-corrected chi connectivity index (χ2v) is 7.02. The van der Waals surface area contributed by atoms with Gasteiger partial charge in [-0.25, -0.2) is 4.98 Å². The third-order valence-electron chi connectivity index (χ3n) is 4.71. The van der Waals surface area contributed by atoms with Crippen LogP contribution in [0.4, 0.5) is 0 Å². The van der Waals surface area contributed by atoms with Crippen molar-refractivity contribution in [2.75, 3.05) is 19.6 Å². The first kappa shape index (κ1) is 18.6. The van der Waals surface area contributed by atoms with Crippen molar-refractivity contribution < 1.29 is 4.79 Å². The molecule has 138 valence electrons. The van der Waals surface area contributed by atoms with E-state index in [1.807, 2.05) is 24.3 Å². The normalized spacial score (nSPS) is 16.2. The molecule has 1 fully saturated rings. The lowest BCUT2D eigenvalue weighted by atomic mass is 10.0. The smallest absolute Gasteiger partial charge is 0.263 e. The van der Waals surface area contributed by atoms with Crippen LogP contribution in [-0.4, -0.2) is 40.4 Å². The molecular weight excluding hydrogens is 352 g/mol. The maximum Gasteiger partial charge on any atom is 0.263 e. The molecule has 1 aliphatic rings.